The molecule has 0 spiro atoms. The SMILES string of the molecule is CCc1cc(F)cc2c1[nH]c1nc(Sc3cnc(-c4ncc(C)o4)s3)nc(C3C[C@H]4C[C@@H]3C[C@H]4N)c12. The number of oxazole rings is 1. The van der Waals surface area contributed by atoms with Gasteiger partial charge in [0.2, 0.25) is 0 Å². The summed E-state index contributed by atoms with van der Waals surface area (Å²) in [5, 5.41) is 3.21. The molecule has 0 radical (unpaired) electrons. The van der Waals surface area contributed by atoms with Crippen LogP contribution in [0.1, 0.15) is 49.1 Å². The summed E-state index contributed by atoms with van der Waals surface area (Å²) < 4.78 is 21.2. The fourth-order valence-corrected chi connectivity index (χ4v) is 7.91. The molecule has 4 aromatic heterocycles. The Kier molecular flexibility index (Phi) is 5.20. The Labute approximate surface area is 215 Å². The molecule has 184 valence electrons. The van der Waals surface area contributed by atoms with Crippen molar-refractivity contribution in [1.82, 2.24) is 24.9 Å². The monoisotopic (exact) mass is 520 g/mol. The summed E-state index contributed by atoms with van der Waals surface area (Å²) in [4.78, 5) is 22.3. The lowest BCUT2D eigenvalue weighted by Crippen LogP contribution is -2.29. The first-order valence-electron chi connectivity index (χ1n) is 12.3. The topological polar surface area (TPSA) is 107 Å². The van der Waals surface area contributed by atoms with Gasteiger partial charge in [0, 0.05) is 22.7 Å². The first kappa shape index (κ1) is 22.4. The van der Waals surface area contributed by atoms with E-state index in [4.69, 9.17) is 20.1 Å². The van der Waals surface area contributed by atoms with Gasteiger partial charge in [0.25, 0.3) is 5.89 Å². The lowest BCUT2D eigenvalue weighted by atomic mass is 9.83. The van der Waals surface area contributed by atoms with Crippen LogP contribution in [-0.2, 0) is 6.42 Å². The van der Waals surface area contributed by atoms with Gasteiger partial charge in [0.05, 0.1) is 27.8 Å². The van der Waals surface area contributed by atoms with Gasteiger partial charge < -0.3 is 15.1 Å². The quantitative estimate of drug-likeness (QED) is 0.265. The molecule has 4 atom stereocenters. The van der Waals surface area contributed by atoms with Crippen LogP contribution in [0, 0.1) is 24.6 Å². The Morgan fingerprint density at radius 1 is 1.17 bits per heavy atom. The van der Waals surface area contributed by atoms with Crippen LogP contribution in [0.15, 0.2) is 38.3 Å². The molecule has 1 aromatic carbocycles. The van der Waals surface area contributed by atoms with E-state index >= 15 is 0 Å². The van der Waals surface area contributed by atoms with Crippen molar-refractivity contribution < 1.29 is 8.81 Å². The zero-order valence-electron chi connectivity index (χ0n) is 19.9. The Balaban J connectivity index is 1.35. The van der Waals surface area contributed by atoms with Gasteiger partial charge in [-0.05, 0) is 73.9 Å². The molecule has 7 nitrogen and oxygen atoms in total. The van der Waals surface area contributed by atoms with Crippen LogP contribution in [-0.4, -0.2) is 31.0 Å². The van der Waals surface area contributed by atoms with E-state index in [1.54, 1.807) is 18.3 Å². The van der Waals surface area contributed by atoms with Crippen molar-refractivity contribution >= 4 is 45.0 Å². The summed E-state index contributed by atoms with van der Waals surface area (Å²) in [5.74, 6) is 2.39. The molecular weight excluding hydrogens is 495 g/mol. The van der Waals surface area contributed by atoms with E-state index in [1.807, 2.05) is 20.0 Å². The maximum absolute atomic E-state index is 14.6. The van der Waals surface area contributed by atoms with E-state index in [2.05, 4.69) is 15.0 Å². The largest absolute Gasteiger partial charge is 0.440 e. The maximum atomic E-state index is 14.6. The number of H-pyrrole nitrogens is 1. The van der Waals surface area contributed by atoms with E-state index in [1.165, 1.54) is 23.1 Å². The average Bonchev–Trinajstić information content (AvgIpc) is 3.66. The predicted octanol–water partition coefficient (Wildman–Crippen LogP) is 6.22. The highest BCUT2D eigenvalue weighted by atomic mass is 32.2. The van der Waals surface area contributed by atoms with Gasteiger partial charge in [-0.3, -0.25) is 0 Å². The lowest BCUT2D eigenvalue weighted by Gasteiger charge is -2.25. The minimum atomic E-state index is -0.224. The van der Waals surface area contributed by atoms with E-state index in [-0.39, 0.29) is 11.9 Å². The zero-order valence-corrected chi connectivity index (χ0v) is 21.5. The second-order valence-corrected chi connectivity index (χ2v) is 12.2. The molecule has 0 amide bonds. The van der Waals surface area contributed by atoms with Gasteiger partial charge >= 0.3 is 0 Å². The van der Waals surface area contributed by atoms with E-state index < -0.39 is 0 Å². The number of nitrogens with zero attached hydrogens (tertiary/aromatic N) is 4. The number of fused-ring (bicyclic) bond motifs is 5. The molecule has 2 aliphatic carbocycles. The van der Waals surface area contributed by atoms with Crippen LogP contribution in [0.2, 0.25) is 0 Å². The van der Waals surface area contributed by atoms with Crippen LogP contribution in [0.25, 0.3) is 32.8 Å². The first-order valence-corrected chi connectivity index (χ1v) is 13.9. The molecule has 5 aromatic rings. The summed E-state index contributed by atoms with van der Waals surface area (Å²) in [5.41, 5.74) is 10.1. The summed E-state index contributed by atoms with van der Waals surface area (Å²) in [7, 11) is 0. The Hall–Kier alpha value is -2.82. The molecule has 2 bridgehead atoms. The molecule has 7 rings (SSSR count). The molecule has 2 saturated carbocycles. The number of aromatic nitrogens is 5. The molecule has 36 heavy (non-hydrogen) atoms. The highest BCUT2D eigenvalue weighted by Gasteiger charge is 2.46. The van der Waals surface area contributed by atoms with Crippen LogP contribution < -0.4 is 5.73 Å². The Bertz CT molecular complexity index is 1620. The van der Waals surface area contributed by atoms with Gasteiger partial charge in [0.1, 0.15) is 17.2 Å². The summed E-state index contributed by atoms with van der Waals surface area (Å²) >= 11 is 2.99. The number of aryl methyl sites for hydroxylation is 2. The Morgan fingerprint density at radius 3 is 2.78 bits per heavy atom. The minimum absolute atomic E-state index is 0.224. The van der Waals surface area contributed by atoms with Gasteiger partial charge in [-0.1, -0.05) is 6.92 Å². The van der Waals surface area contributed by atoms with Gasteiger partial charge in [0.15, 0.2) is 10.2 Å². The third-order valence-corrected chi connectivity index (χ3v) is 9.69. The van der Waals surface area contributed by atoms with Crippen LogP contribution >= 0.6 is 23.1 Å². The molecular formula is C26H25FN6OS2. The number of nitrogens with two attached hydrogens (primary N) is 1. The van der Waals surface area contributed by atoms with Crippen molar-refractivity contribution in [2.45, 2.75) is 60.9 Å². The van der Waals surface area contributed by atoms with Crippen molar-refractivity contribution in [3.63, 3.8) is 0 Å². The van der Waals surface area contributed by atoms with E-state index in [0.717, 1.165) is 73.9 Å². The molecule has 4 heterocycles. The molecule has 0 saturated heterocycles. The van der Waals surface area contributed by atoms with Crippen molar-refractivity contribution in [2.75, 3.05) is 0 Å². The third-order valence-electron chi connectivity index (χ3n) is 7.74. The van der Waals surface area contributed by atoms with Crippen LogP contribution in [0.5, 0.6) is 0 Å². The van der Waals surface area contributed by atoms with Crippen molar-refractivity contribution in [3.8, 4) is 10.9 Å². The lowest BCUT2D eigenvalue weighted by molar-refractivity contribution is 0.371. The normalized spacial score (nSPS) is 23.4. The summed E-state index contributed by atoms with van der Waals surface area (Å²) in [6.07, 6.45) is 7.43. The zero-order chi connectivity index (χ0) is 24.6. The number of halogens is 1. The second-order valence-electron chi connectivity index (χ2n) is 9.94. The average molecular weight is 521 g/mol. The van der Waals surface area contributed by atoms with Crippen molar-refractivity contribution in [3.05, 3.63) is 47.4 Å². The minimum Gasteiger partial charge on any atom is -0.440 e. The fraction of sp³-hybridized carbons (Fsp3) is 0.385. The smallest absolute Gasteiger partial charge is 0.256 e. The van der Waals surface area contributed by atoms with E-state index in [0.29, 0.717) is 28.8 Å². The molecule has 3 N–H and O–H groups in total. The maximum Gasteiger partial charge on any atom is 0.256 e. The second kappa shape index (κ2) is 8.36. The fourth-order valence-electron chi connectivity index (χ4n) is 6.14. The van der Waals surface area contributed by atoms with Gasteiger partial charge in [-0.15, -0.1) is 11.3 Å². The third kappa shape index (κ3) is 3.57. The molecule has 10 heteroatoms. The number of benzene rings is 1. The molecule has 2 fully saturated rings. The number of rotatable bonds is 5. The van der Waals surface area contributed by atoms with Crippen LogP contribution in [0.4, 0.5) is 4.39 Å². The number of thiazole rings is 1. The van der Waals surface area contributed by atoms with Crippen LogP contribution in [0.3, 0.4) is 0 Å². The Morgan fingerprint density at radius 2 is 2.06 bits per heavy atom. The molecule has 1 unspecified atom stereocenters. The highest BCUT2D eigenvalue weighted by Crippen LogP contribution is 2.53. The van der Waals surface area contributed by atoms with Gasteiger partial charge in [-0.2, -0.15) is 0 Å². The van der Waals surface area contributed by atoms with Gasteiger partial charge in [-0.25, -0.2) is 24.3 Å². The standard InChI is InChI=1S/C26H25FN6OS2/c1-3-12-5-15(27)8-17-20-22(16-6-14-4-13(16)7-18(14)28)32-26(33-23(20)31-21(12)17)36-19-10-30-25(35-19)24-29-9-11(2)34-24/h5,8-10,13-14,16,18H,3-4,6-7,28H2,1-2H3,(H,31,32,33)/t13-,14-,16?,18-/m1/s1. The summed E-state index contributed by atoms with van der Waals surface area (Å²) in [6.45, 7) is 3.91. The van der Waals surface area contributed by atoms with E-state index in [9.17, 15) is 4.39 Å². The molecule has 0 aliphatic heterocycles. The van der Waals surface area contributed by atoms with Crippen molar-refractivity contribution in [1.29, 1.82) is 0 Å². The number of nitrogens with one attached hydrogen (secondary N) is 1. The summed E-state index contributed by atoms with van der Waals surface area (Å²) in [6, 6.07) is 3.51. The number of hydrogen-bond acceptors (Lipinski definition) is 8. The van der Waals surface area contributed by atoms with Crippen molar-refractivity contribution in [2.24, 2.45) is 17.6 Å². The number of hydrogen-bond donors (Lipinski definition) is 2. The number of aromatic amines is 1. The highest BCUT2D eigenvalue weighted by molar-refractivity contribution is 8.01. The predicted molar refractivity (Wildman–Crippen MR) is 139 cm³/mol. The first-order chi connectivity index (χ1) is 17.5. The molecule has 2 aliphatic rings.